The van der Waals surface area contributed by atoms with E-state index in [1.165, 1.54) is 5.56 Å². The van der Waals surface area contributed by atoms with E-state index in [4.69, 9.17) is 0 Å². The molecule has 0 aliphatic carbocycles. The van der Waals surface area contributed by atoms with Crippen molar-refractivity contribution in [2.75, 3.05) is 6.61 Å². The highest BCUT2D eigenvalue weighted by atomic mass is 16.2. The Hall–Kier alpha value is -0.820. The van der Waals surface area contributed by atoms with Crippen molar-refractivity contribution in [2.45, 2.75) is 13.3 Å². The van der Waals surface area contributed by atoms with Crippen LogP contribution in [0.4, 0.5) is 0 Å². The predicted octanol–water partition coefficient (Wildman–Crippen LogP) is 1.97. The molecule has 0 aliphatic rings. The van der Waals surface area contributed by atoms with E-state index in [0.717, 1.165) is 5.56 Å². The molecule has 10 heavy (non-hydrogen) atoms. The predicted molar refractivity (Wildman–Crippen MR) is 40.4 cm³/mol. The molecule has 0 saturated carbocycles. The molecule has 0 aliphatic heterocycles. The Kier molecular flexibility index (Phi) is 2.46. The van der Waals surface area contributed by atoms with Crippen LogP contribution in [0.3, 0.4) is 0 Å². The molecule has 0 bridgehead atoms. The van der Waals surface area contributed by atoms with E-state index in [1.54, 1.807) is 0 Å². The van der Waals surface area contributed by atoms with Crippen LogP contribution in [-0.4, -0.2) is 6.61 Å². The maximum Gasteiger partial charge on any atom is 0.0862 e. The first-order valence-corrected chi connectivity index (χ1v) is 3.46. The molecule has 0 fully saturated rings. The smallest absolute Gasteiger partial charge is 0.0862 e. The summed E-state index contributed by atoms with van der Waals surface area (Å²) in [7, 11) is 0. The number of benzene rings is 1. The zero-order valence-corrected chi connectivity index (χ0v) is 6.13. The highest BCUT2D eigenvalue weighted by Gasteiger charge is 1.90. The Morgan fingerprint density at radius 1 is 1.40 bits per heavy atom. The number of rotatable bonds is 2. The molecule has 0 saturated heterocycles. The van der Waals surface area contributed by atoms with E-state index in [1.807, 2.05) is 25.1 Å². The first-order chi connectivity index (χ1) is 4.83. The summed E-state index contributed by atoms with van der Waals surface area (Å²) in [6.07, 6.45) is 0.654. The quantitative estimate of drug-likeness (QED) is 0.590. The molecule has 0 atom stereocenters. The van der Waals surface area contributed by atoms with Crippen molar-refractivity contribution in [1.82, 2.24) is 0 Å². The molecule has 1 aromatic rings. The first kappa shape index (κ1) is 7.29. The van der Waals surface area contributed by atoms with Crippen molar-refractivity contribution < 1.29 is 5.11 Å². The van der Waals surface area contributed by atoms with Crippen LogP contribution in [0.15, 0.2) is 24.3 Å². The maximum atomic E-state index is 10.2. The summed E-state index contributed by atoms with van der Waals surface area (Å²) in [6.45, 7) is 2.03. The van der Waals surface area contributed by atoms with Gasteiger partial charge < -0.3 is 0 Å². The lowest BCUT2D eigenvalue weighted by Gasteiger charge is -1.96. The highest BCUT2D eigenvalue weighted by Crippen LogP contribution is 2.03. The molecule has 0 spiro atoms. The normalized spacial score (nSPS) is 9.80. The van der Waals surface area contributed by atoms with E-state index in [2.05, 4.69) is 6.07 Å². The topological polar surface area (TPSA) is 19.9 Å². The molecule has 1 heteroatoms. The van der Waals surface area contributed by atoms with Gasteiger partial charge in [-0.05, 0) is 18.9 Å². The van der Waals surface area contributed by atoms with E-state index >= 15 is 0 Å². The summed E-state index contributed by atoms with van der Waals surface area (Å²) in [5, 5.41) is 10.2. The number of hydrogen-bond donors (Lipinski definition) is 0. The van der Waals surface area contributed by atoms with Gasteiger partial charge in [-0.3, -0.25) is 0 Å². The van der Waals surface area contributed by atoms with Crippen LogP contribution in [0.5, 0.6) is 0 Å². The Morgan fingerprint density at radius 2 is 2.20 bits per heavy atom. The van der Waals surface area contributed by atoms with Crippen LogP contribution in [0.1, 0.15) is 11.1 Å². The fraction of sp³-hybridized carbons (Fsp3) is 0.333. The molecule has 0 N–H and O–H groups in total. The van der Waals surface area contributed by atoms with Crippen molar-refractivity contribution >= 4 is 0 Å². The van der Waals surface area contributed by atoms with Gasteiger partial charge >= 0.3 is 0 Å². The zero-order valence-electron chi connectivity index (χ0n) is 6.13. The molecule has 1 radical (unpaired) electrons. The van der Waals surface area contributed by atoms with Crippen LogP contribution < -0.4 is 0 Å². The minimum atomic E-state index is -0.0105. The lowest BCUT2D eigenvalue weighted by atomic mass is 10.1. The minimum Gasteiger partial charge on any atom is -0.236 e. The average Bonchev–Trinajstić information content (AvgIpc) is 1.88. The van der Waals surface area contributed by atoms with E-state index in [9.17, 15) is 5.11 Å². The average molecular weight is 135 g/mol. The standard InChI is InChI=1S/C9H11O/c1-8-3-2-4-9(7-8)5-6-10/h2-4,7H,5-6H2,1H3. The second kappa shape index (κ2) is 3.37. The summed E-state index contributed by atoms with van der Waals surface area (Å²) in [4.78, 5) is 0. The summed E-state index contributed by atoms with van der Waals surface area (Å²) >= 11 is 0. The largest absolute Gasteiger partial charge is 0.236 e. The molecule has 0 amide bonds. The molecular weight excluding hydrogens is 124 g/mol. The van der Waals surface area contributed by atoms with Crippen molar-refractivity contribution in [3.63, 3.8) is 0 Å². The SMILES string of the molecule is Cc1cccc(CC[O])c1. The minimum absolute atomic E-state index is 0.0105. The molecule has 0 heterocycles. The Bertz CT molecular complexity index is 206. The van der Waals surface area contributed by atoms with Crippen LogP contribution in [-0.2, 0) is 11.5 Å². The first-order valence-electron chi connectivity index (χ1n) is 3.46. The third-order valence-electron chi connectivity index (χ3n) is 1.47. The van der Waals surface area contributed by atoms with Gasteiger partial charge in [-0.25, -0.2) is 5.11 Å². The fourth-order valence-corrected chi connectivity index (χ4v) is 0.986. The van der Waals surface area contributed by atoms with Crippen LogP contribution >= 0.6 is 0 Å². The van der Waals surface area contributed by atoms with Crippen molar-refractivity contribution in [3.8, 4) is 0 Å². The fourth-order valence-electron chi connectivity index (χ4n) is 0.986. The van der Waals surface area contributed by atoms with Gasteiger partial charge in [0.2, 0.25) is 0 Å². The lowest BCUT2D eigenvalue weighted by molar-refractivity contribution is 0.197. The maximum absolute atomic E-state index is 10.2. The number of aryl methyl sites for hydroxylation is 1. The monoisotopic (exact) mass is 135 g/mol. The van der Waals surface area contributed by atoms with Crippen LogP contribution in [0.25, 0.3) is 0 Å². The van der Waals surface area contributed by atoms with Crippen LogP contribution in [0, 0.1) is 6.92 Å². The lowest BCUT2D eigenvalue weighted by Crippen LogP contribution is -1.88. The van der Waals surface area contributed by atoms with Gasteiger partial charge in [-0.2, -0.15) is 0 Å². The Balaban J connectivity index is 2.75. The zero-order chi connectivity index (χ0) is 7.40. The molecule has 53 valence electrons. The van der Waals surface area contributed by atoms with Crippen molar-refractivity contribution in [3.05, 3.63) is 35.4 Å². The van der Waals surface area contributed by atoms with Crippen molar-refractivity contribution in [2.24, 2.45) is 0 Å². The Labute approximate surface area is 61.3 Å². The second-order valence-electron chi connectivity index (χ2n) is 2.44. The van der Waals surface area contributed by atoms with Crippen LogP contribution in [0.2, 0.25) is 0 Å². The van der Waals surface area contributed by atoms with Gasteiger partial charge in [0.25, 0.3) is 0 Å². The number of hydrogen-bond acceptors (Lipinski definition) is 0. The molecule has 1 aromatic carbocycles. The van der Waals surface area contributed by atoms with Gasteiger partial charge in [-0.15, -0.1) is 0 Å². The third-order valence-corrected chi connectivity index (χ3v) is 1.47. The third kappa shape index (κ3) is 1.85. The van der Waals surface area contributed by atoms with Gasteiger partial charge in [-0.1, -0.05) is 29.8 Å². The van der Waals surface area contributed by atoms with Gasteiger partial charge in [0.1, 0.15) is 0 Å². The molecule has 0 aromatic heterocycles. The molecular formula is C9H11O. The summed E-state index contributed by atoms with van der Waals surface area (Å²) in [6, 6.07) is 8.07. The van der Waals surface area contributed by atoms with Gasteiger partial charge in [0.05, 0.1) is 6.61 Å². The molecule has 1 rings (SSSR count). The van der Waals surface area contributed by atoms with E-state index < -0.39 is 0 Å². The highest BCUT2D eigenvalue weighted by molar-refractivity contribution is 5.22. The van der Waals surface area contributed by atoms with Crippen molar-refractivity contribution in [1.29, 1.82) is 0 Å². The molecule has 1 nitrogen and oxygen atoms in total. The summed E-state index contributed by atoms with van der Waals surface area (Å²) in [5.74, 6) is 0. The van der Waals surface area contributed by atoms with Gasteiger partial charge in [0.15, 0.2) is 0 Å². The molecule has 0 unspecified atom stereocenters. The van der Waals surface area contributed by atoms with Gasteiger partial charge in [0, 0.05) is 0 Å². The van der Waals surface area contributed by atoms with E-state index in [0.29, 0.717) is 6.42 Å². The summed E-state index contributed by atoms with van der Waals surface area (Å²) in [5.41, 5.74) is 2.38. The second-order valence-corrected chi connectivity index (χ2v) is 2.44. The van der Waals surface area contributed by atoms with E-state index in [-0.39, 0.29) is 6.61 Å². The summed E-state index contributed by atoms with van der Waals surface area (Å²) < 4.78 is 0. The Morgan fingerprint density at radius 3 is 2.80 bits per heavy atom.